The normalized spacial score (nSPS) is 16.7. The summed E-state index contributed by atoms with van der Waals surface area (Å²) in [4.78, 5) is 31.0. The van der Waals surface area contributed by atoms with Gasteiger partial charge in [-0.15, -0.1) is 0 Å². The van der Waals surface area contributed by atoms with Gasteiger partial charge < -0.3 is 10.1 Å². The van der Waals surface area contributed by atoms with Crippen LogP contribution < -0.4 is 10.9 Å². The van der Waals surface area contributed by atoms with E-state index < -0.39 is 11.2 Å². The Balaban J connectivity index is 1.76. The molecule has 0 atom stereocenters. The van der Waals surface area contributed by atoms with Crippen LogP contribution in [0.15, 0.2) is 41.6 Å². The molecule has 3 rings (SSSR count). The molecule has 1 aliphatic rings. The van der Waals surface area contributed by atoms with Gasteiger partial charge >= 0.3 is 5.91 Å². The maximum absolute atomic E-state index is 12.4. The van der Waals surface area contributed by atoms with Crippen LogP contribution >= 0.6 is 0 Å². The predicted molar refractivity (Wildman–Crippen MR) is 89.5 cm³/mol. The van der Waals surface area contributed by atoms with E-state index in [0.29, 0.717) is 19.4 Å². The minimum Gasteiger partial charge on any atom is -0.384 e. The third kappa shape index (κ3) is 3.77. The first-order valence-electron chi connectivity index (χ1n) is 8.30. The number of aromatic amines is 1. The Kier molecular flexibility index (Phi) is 4.87. The first-order valence-corrected chi connectivity index (χ1v) is 8.30. The van der Waals surface area contributed by atoms with Crippen LogP contribution in [-0.2, 0) is 0 Å². The largest absolute Gasteiger partial charge is 0.384 e. The summed E-state index contributed by atoms with van der Waals surface area (Å²) in [5.41, 5.74) is 0.517. The minimum atomic E-state index is -0.802. The van der Waals surface area contributed by atoms with Gasteiger partial charge in [-0.05, 0) is 42.2 Å². The zero-order valence-corrected chi connectivity index (χ0v) is 13.5. The number of hydrogen-bond donors (Lipinski definition) is 3. The van der Waals surface area contributed by atoms with Crippen molar-refractivity contribution in [3.8, 4) is 11.1 Å². The summed E-state index contributed by atoms with van der Waals surface area (Å²) in [7, 11) is 0. The van der Waals surface area contributed by atoms with Gasteiger partial charge in [-0.1, -0.05) is 19.3 Å². The van der Waals surface area contributed by atoms with Crippen LogP contribution in [0.2, 0.25) is 0 Å². The Morgan fingerprint density at radius 2 is 1.92 bits per heavy atom. The fraction of sp³-hybridized carbons (Fsp3) is 0.389. The third-order valence-corrected chi connectivity index (χ3v) is 4.63. The lowest BCUT2D eigenvalue weighted by Crippen LogP contribution is -2.92. The number of quaternary nitrogens is 1. The van der Waals surface area contributed by atoms with E-state index in [1.54, 1.807) is 24.7 Å². The van der Waals surface area contributed by atoms with Crippen LogP contribution in [0.1, 0.15) is 42.5 Å². The van der Waals surface area contributed by atoms with E-state index >= 15 is 0 Å². The lowest BCUT2D eigenvalue weighted by molar-refractivity contribution is -0.573. The molecule has 1 amide bonds. The number of nitrogens with zero attached hydrogens (tertiary/aromatic N) is 1. The highest BCUT2D eigenvalue weighted by molar-refractivity contribution is 5.87. The number of rotatable bonds is 4. The van der Waals surface area contributed by atoms with Gasteiger partial charge in [0.25, 0.3) is 5.56 Å². The molecule has 2 heterocycles. The SMILES string of the molecule is O=C([NH2+]CC1(O)CCCCC1)c1cc(-c2ccncc2)c[nH]c1=O. The van der Waals surface area contributed by atoms with Crippen molar-refractivity contribution in [3.63, 3.8) is 0 Å². The van der Waals surface area contributed by atoms with E-state index in [0.717, 1.165) is 30.4 Å². The highest BCUT2D eigenvalue weighted by Crippen LogP contribution is 2.26. The van der Waals surface area contributed by atoms with E-state index in [1.165, 1.54) is 5.32 Å². The van der Waals surface area contributed by atoms with Crippen LogP contribution in [0.25, 0.3) is 11.1 Å². The number of pyridine rings is 2. The molecule has 4 N–H and O–H groups in total. The highest BCUT2D eigenvalue weighted by atomic mass is 16.3. The van der Waals surface area contributed by atoms with Gasteiger partial charge in [-0.2, -0.15) is 0 Å². The van der Waals surface area contributed by atoms with Crippen molar-refractivity contribution in [2.75, 3.05) is 6.54 Å². The zero-order chi connectivity index (χ0) is 17.0. The van der Waals surface area contributed by atoms with Crippen LogP contribution in [0.3, 0.4) is 0 Å². The topological polar surface area (TPSA) is 99.7 Å². The maximum atomic E-state index is 12.4. The summed E-state index contributed by atoms with van der Waals surface area (Å²) in [5.74, 6) is -0.342. The molecule has 2 aromatic heterocycles. The molecule has 1 fully saturated rings. The molecule has 2 aromatic rings. The Morgan fingerprint density at radius 3 is 2.62 bits per heavy atom. The number of nitrogens with one attached hydrogen (secondary N) is 1. The second-order valence-electron chi connectivity index (χ2n) is 6.42. The van der Waals surface area contributed by atoms with Gasteiger partial charge in [0.05, 0.1) is 0 Å². The molecule has 0 aliphatic heterocycles. The second-order valence-corrected chi connectivity index (χ2v) is 6.42. The number of aromatic nitrogens is 2. The molecule has 0 radical (unpaired) electrons. The smallest absolute Gasteiger partial charge is 0.348 e. The molecule has 6 nitrogen and oxygen atoms in total. The standard InChI is InChI=1S/C18H21N3O3/c22-16-15(10-14(11-20-16)13-4-8-19-9-5-13)17(23)21-12-18(24)6-2-1-3-7-18/h4-5,8-11,24H,1-3,6-7,12H2,(H,20,22)(H,21,23)/p+1. The molecule has 0 unspecified atom stereocenters. The summed E-state index contributed by atoms with van der Waals surface area (Å²) in [6.07, 6.45) is 9.42. The predicted octanol–water partition coefficient (Wildman–Crippen LogP) is 0.836. The van der Waals surface area contributed by atoms with Crippen molar-refractivity contribution in [1.29, 1.82) is 0 Å². The molecule has 0 aromatic carbocycles. The summed E-state index contributed by atoms with van der Waals surface area (Å²) in [5, 5.41) is 11.9. The van der Waals surface area contributed by atoms with E-state index in [4.69, 9.17) is 0 Å². The van der Waals surface area contributed by atoms with E-state index in [-0.39, 0.29) is 11.5 Å². The van der Waals surface area contributed by atoms with Crippen LogP contribution in [0, 0.1) is 0 Å². The molecular formula is C18H22N3O3+. The average Bonchev–Trinajstić information content (AvgIpc) is 2.61. The van der Waals surface area contributed by atoms with E-state index in [1.807, 2.05) is 12.1 Å². The molecule has 0 bridgehead atoms. The summed E-state index contributed by atoms with van der Waals surface area (Å²) < 4.78 is 0. The molecule has 126 valence electrons. The third-order valence-electron chi connectivity index (χ3n) is 4.63. The molecule has 24 heavy (non-hydrogen) atoms. The zero-order valence-electron chi connectivity index (χ0n) is 13.5. The first-order chi connectivity index (χ1) is 11.6. The van der Waals surface area contributed by atoms with Crippen molar-refractivity contribution in [2.45, 2.75) is 37.7 Å². The Hall–Kier alpha value is -2.31. The van der Waals surface area contributed by atoms with Crippen molar-refractivity contribution in [3.05, 3.63) is 52.7 Å². The molecule has 6 heteroatoms. The Bertz CT molecular complexity index is 765. The molecular weight excluding hydrogens is 306 g/mol. The molecule has 0 spiro atoms. The minimum absolute atomic E-state index is 0.101. The lowest BCUT2D eigenvalue weighted by atomic mass is 9.85. The quantitative estimate of drug-likeness (QED) is 0.774. The van der Waals surface area contributed by atoms with Gasteiger partial charge in [-0.25, -0.2) is 4.79 Å². The molecule has 0 saturated heterocycles. The average molecular weight is 328 g/mol. The number of nitrogens with two attached hydrogens (primary N) is 1. The van der Waals surface area contributed by atoms with Gasteiger partial charge in [0, 0.05) is 18.6 Å². The summed E-state index contributed by atoms with van der Waals surface area (Å²) in [6.45, 7) is 0.296. The van der Waals surface area contributed by atoms with E-state index in [2.05, 4.69) is 9.97 Å². The number of amides is 1. The van der Waals surface area contributed by atoms with Crippen LogP contribution in [-0.4, -0.2) is 33.1 Å². The van der Waals surface area contributed by atoms with Gasteiger partial charge in [-0.3, -0.25) is 15.1 Å². The summed E-state index contributed by atoms with van der Waals surface area (Å²) >= 11 is 0. The van der Waals surface area contributed by atoms with E-state index in [9.17, 15) is 14.7 Å². The van der Waals surface area contributed by atoms with Gasteiger partial charge in [0.15, 0.2) is 0 Å². The highest BCUT2D eigenvalue weighted by Gasteiger charge is 2.32. The van der Waals surface area contributed by atoms with Crippen molar-refractivity contribution >= 4 is 5.91 Å². The van der Waals surface area contributed by atoms with Crippen LogP contribution in [0.4, 0.5) is 0 Å². The number of primary amides is 1. The van der Waals surface area contributed by atoms with Crippen molar-refractivity contribution in [2.24, 2.45) is 0 Å². The second kappa shape index (κ2) is 7.07. The Labute approximate surface area is 140 Å². The van der Waals surface area contributed by atoms with Gasteiger partial charge in [0.1, 0.15) is 17.7 Å². The fourth-order valence-electron chi connectivity index (χ4n) is 3.18. The lowest BCUT2D eigenvalue weighted by Gasteiger charge is -2.29. The fourth-order valence-corrected chi connectivity index (χ4v) is 3.18. The number of H-pyrrole nitrogens is 1. The summed E-state index contributed by atoms with van der Waals surface area (Å²) in [6, 6.07) is 5.23. The van der Waals surface area contributed by atoms with Crippen molar-refractivity contribution in [1.82, 2.24) is 9.97 Å². The number of aliphatic hydroxyl groups is 1. The first kappa shape index (κ1) is 16.5. The Morgan fingerprint density at radius 1 is 1.21 bits per heavy atom. The maximum Gasteiger partial charge on any atom is 0.348 e. The monoisotopic (exact) mass is 328 g/mol. The van der Waals surface area contributed by atoms with Crippen molar-refractivity contribution < 1.29 is 15.2 Å². The van der Waals surface area contributed by atoms with Crippen LogP contribution in [0.5, 0.6) is 0 Å². The number of hydrogen-bond acceptors (Lipinski definition) is 4. The molecule has 1 aliphatic carbocycles. The number of carbonyl (C=O) groups is 1. The number of carbonyl (C=O) groups excluding carboxylic acids is 1. The van der Waals surface area contributed by atoms with Gasteiger partial charge in [0.2, 0.25) is 0 Å². The molecule has 1 saturated carbocycles.